The summed E-state index contributed by atoms with van der Waals surface area (Å²) in [6, 6.07) is 3.94. The molecule has 0 fully saturated rings. The zero-order valence-electron chi connectivity index (χ0n) is 9.03. The van der Waals surface area contributed by atoms with E-state index in [4.69, 9.17) is 4.42 Å². The minimum Gasteiger partial charge on any atom is -0.465 e. The van der Waals surface area contributed by atoms with Crippen molar-refractivity contribution in [3.05, 3.63) is 36.0 Å². The van der Waals surface area contributed by atoms with E-state index >= 15 is 0 Å². The van der Waals surface area contributed by atoms with Gasteiger partial charge in [-0.25, -0.2) is 0 Å². The molecule has 0 saturated carbocycles. The van der Waals surface area contributed by atoms with Crippen LogP contribution in [0, 0.1) is 6.92 Å². The Morgan fingerprint density at radius 3 is 2.93 bits per heavy atom. The second-order valence-corrected chi connectivity index (χ2v) is 3.45. The third-order valence-electron chi connectivity index (χ3n) is 2.22. The Hall–Kier alpha value is -1.71. The van der Waals surface area contributed by atoms with Crippen LogP contribution in [0.1, 0.15) is 18.4 Å². The highest BCUT2D eigenvalue weighted by Crippen LogP contribution is 2.10. The molecule has 0 bridgehead atoms. The molecule has 0 aliphatic rings. The quantitative estimate of drug-likeness (QED) is 0.833. The molecule has 2 aromatic rings. The number of anilines is 1. The molecule has 2 aromatic heterocycles. The molecule has 0 unspecified atom stereocenters. The summed E-state index contributed by atoms with van der Waals surface area (Å²) in [5.74, 6) is 1.88. The van der Waals surface area contributed by atoms with Gasteiger partial charge in [0.05, 0.1) is 18.4 Å². The zero-order valence-corrected chi connectivity index (χ0v) is 9.03. The molecule has 0 spiro atoms. The molecule has 0 aliphatic heterocycles. The zero-order chi connectivity index (χ0) is 10.7. The van der Waals surface area contributed by atoms with Crippen molar-refractivity contribution < 1.29 is 4.42 Å². The maximum absolute atomic E-state index is 5.45. The van der Waals surface area contributed by atoms with Crippen molar-refractivity contribution in [2.24, 2.45) is 0 Å². The van der Waals surface area contributed by atoms with Crippen molar-refractivity contribution in [1.82, 2.24) is 9.78 Å². The average Bonchev–Trinajstić information content (AvgIpc) is 2.83. The summed E-state index contributed by atoms with van der Waals surface area (Å²) in [7, 11) is 0. The molecule has 0 radical (unpaired) electrons. The van der Waals surface area contributed by atoms with E-state index in [2.05, 4.69) is 17.3 Å². The molecule has 2 heterocycles. The Bertz CT molecular complexity index is 430. The van der Waals surface area contributed by atoms with Crippen molar-refractivity contribution in [1.29, 1.82) is 0 Å². The molecule has 80 valence electrons. The lowest BCUT2D eigenvalue weighted by Crippen LogP contribution is -1.97. The fourth-order valence-electron chi connectivity index (χ4n) is 1.40. The van der Waals surface area contributed by atoms with Gasteiger partial charge in [-0.1, -0.05) is 0 Å². The number of hydrogen-bond acceptors (Lipinski definition) is 3. The summed E-state index contributed by atoms with van der Waals surface area (Å²) in [5, 5.41) is 7.43. The predicted molar refractivity (Wildman–Crippen MR) is 58.7 cm³/mol. The number of nitrogens with one attached hydrogen (secondary N) is 1. The van der Waals surface area contributed by atoms with Crippen LogP contribution in [0.25, 0.3) is 0 Å². The van der Waals surface area contributed by atoms with Crippen molar-refractivity contribution in [3.63, 3.8) is 0 Å². The van der Waals surface area contributed by atoms with Crippen molar-refractivity contribution in [3.8, 4) is 0 Å². The van der Waals surface area contributed by atoms with Crippen molar-refractivity contribution in [2.45, 2.75) is 26.9 Å². The Labute approximate surface area is 88.9 Å². The third kappa shape index (κ3) is 2.40. The lowest BCUT2D eigenvalue weighted by Gasteiger charge is -1.99. The second-order valence-electron chi connectivity index (χ2n) is 3.45. The minimum atomic E-state index is 0.698. The van der Waals surface area contributed by atoms with Gasteiger partial charge in [-0.2, -0.15) is 5.10 Å². The van der Waals surface area contributed by atoms with Crippen LogP contribution in [0.2, 0.25) is 0 Å². The first-order valence-electron chi connectivity index (χ1n) is 5.09. The van der Waals surface area contributed by atoms with Crippen LogP contribution in [0.15, 0.2) is 28.9 Å². The van der Waals surface area contributed by atoms with Gasteiger partial charge >= 0.3 is 0 Å². The summed E-state index contributed by atoms with van der Waals surface area (Å²) >= 11 is 0. The average molecular weight is 205 g/mol. The lowest BCUT2D eigenvalue weighted by atomic mass is 10.4. The van der Waals surface area contributed by atoms with Crippen molar-refractivity contribution in [2.75, 3.05) is 5.32 Å². The van der Waals surface area contributed by atoms with Gasteiger partial charge in [-0.3, -0.25) is 4.68 Å². The smallest absolute Gasteiger partial charge is 0.123 e. The standard InChI is InChI=1S/C11H15N3O/c1-3-14-8-10(6-13-14)12-7-11-5-4-9(2)15-11/h4-6,8,12H,3,7H2,1-2H3. The van der Waals surface area contributed by atoms with E-state index in [1.807, 2.05) is 36.1 Å². The van der Waals surface area contributed by atoms with E-state index in [1.54, 1.807) is 0 Å². The number of hydrogen-bond donors (Lipinski definition) is 1. The number of nitrogens with zero attached hydrogens (tertiary/aromatic N) is 2. The molecule has 0 aromatic carbocycles. The van der Waals surface area contributed by atoms with E-state index in [0.717, 1.165) is 23.8 Å². The van der Waals surface area contributed by atoms with Crippen LogP contribution in [0.4, 0.5) is 5.69 Å². The molecule has 4 nitrogen and oxygen atoms in total. The van der Waals surface area contributed by atoms with E-state index in [1.165, 1.54) is 0 Å². The summed E-state index contributed by atoms with van der Waals surface area (Å²) in [6.45, 7) is 5.59. The molecule has 0 atom stereocenters. The van der Waals surface area contributed by atoms with Crippen molar-refractivity contribution >= 4 is 5.69 Å². The van der Waals surface area contributed by atoms with Crippen LogP contribution in [-0.4, -0.2) is 9.78 Å². The molecular weight excluding hydrogens is 190 g/mol. The van der Waals surface area contributed by atoms with Gasteiger partial charge in [0.2, 0.25) is 0 Å². The highest BCUT2D eigenvalue weighted by Gasteiger charge is 2.00. The molecular formula is C11H15N3O. The maximum atomic E-state index is 5.45. The molecule has 0 aliphatic carbocycles. The Morgan fingerprint density at radius 1 is 1.47 bits per heavy atom. The second kappa shape index (κ2) is 4.21. The molecule has 0 amide bonds. The normalized spacial score (nSPS) is 10.5. The Kier molecular flexibility index (Phi) is 2.76. The van der Waals surface area contributed by atoms with E-state index in [0.29, 0.717) is 6.54 Å². The summed E-state index contributed by atoms with van der Waals surface area (Å²) in [5.41, 5.74) is 1.02. The Balaban J connectivity index is 1.93. The molecule has 2 rings (SSSR count). The number of aromatic nitrogens is 2. The molecule has 15 heavy (non-hydrogen) atoms. The first kappa shape index (κ1) is 9.83. The lowest BCUT2D eigenvalue weighted by molar-refractivity contribution is 0.490. The van der Waals surface area contributed by atoms with Gasteiger partial charge in [0, 0.05) is 12.7 Å². The molecule has 0 saturated heterocycles. The molecule has 1 N–H and O–H groups in total. The fourth-order valence-corrected chi connectivity index (χ4v) is 1.40. The van der Waals surface area contributed by atoms with Gasteiger partial charge in [0.15, 0.2) is 0 Å². The van der Waals surface area contributed by atoms with E-state index < -0.39 is 0 Å². The maximum Gasteiger partial charge on any atom is 0.123 e. The minimum absolute atomic E-state index is 0.698. The number of rotatable bonds is 4. The first-order valence-corrected chi connectivity index (χ1v) is 5.09. The number of furan rings is 1. The van der Waals surface area contributed by atoms with Gasteiger partial charge in [0.1, 0.15) is 11.5 Å². The van der Waals surface area contributed by atoms with Gasteiger partial charge < -0.3 is 9.73 Å². The van der Waals surface area contributed by atoms with E-state index in [-0.39, 0.29) is 0 Å². The van der Waals surface area contributed by atoms with Crippen LogP contribution in [0.5, 0.6) is 0 Å². The Morgan fingerprint density at radius 2 is 2.33 bits per heavy atom. The SMILES string of the molecule is CCn1cc(NCc2ccc(C)o2)cn1. The van der Waals surface area contributed by atoms with Gasteiger partial charge in [0.25, 0.3) is 0 Å². The highest BCUT2D eigenvalue weighted by molar-refractivity contribution is 5.38. The topological polar surface area (TPSA) is 43.0 Å². The highest BCUT2D eigenvalue weighted by atomic mass is 16.3. The van der Waals surface area contributed by atoms with Crippen LogP contribution >= 0.6 is 0 Å². The molecule has 4 heteroatoms. The first-order chi connectivity index (χ1) is 7.28. The summed E-state index contributed by atoms with van der Waals surface area (Å²) in [6.07, 6.45) is 3.80. The fraction of sp³-hybridized carbons (Fsp3) is 0.364. The third-order valence-corrected chi connectivity index (χ3v) is 2.22. The van der Waals surface area contributed by atoms with E-state index in [9.17, 15) is 0 Å². The monoisotopic (exact) mass is 205 g/mol. The van der Waals surface area contributed by atoms with Crippen LogP contribution in [0.3, 0.4) is 0 Å². The predicted octanol–water partition coefficient (Wildman–Crippen LogP) is 2.42. The number of aryl methyl sites for hydroxylation is 2. The van der Waals surface area contributed by atoms with Gasteiger partial charge in [-0.15, -0.1) is 0 Å². The van der Waals surface area contributed by atoms with Crippen LogP contribution in [-0.2, 0) is 13.1 Å². The largest absolute Gasteiger partial charge is 0.465 e. The van der Waals surface area contributed by atoms with Crippen LogP contribution < -0.4 is 5.32 Å². The summed E-state index contributed by atoms with van der Waals surface area (Å²) in [4.78, 5) is 0. The summed E-state index contributed by atoms with van der Waals surface area (Å²) < 4.78 is 7.33. The van der Waals surface area contributed by atoms with Gasteiger partial charge in [-0.05, 0) is 26.0 Å².